The third-order valence-corrected chi connectivity index (χ3v) is 16.8. The highest BCUT2D eigenvalue weighted by atomic mass is 32.2. The molecule has 0 aliphatic heterocycles. The van der Waals surface area contributed by atoms with Gasteiger partial charge in [0.1, 0.15) is 23.0 Å². The summed E-state index contributed by atoms with van der Waals surface area (Å²) < 4.78 is 133. The van der Waals surface area contributed by atoms with Crippen molar-refractivity contribution in [1.29, 1.82) is 0 Å². The first-order valence-electron chi connectivity index (χ1n) is 23.3. The molecule has 0 heterocycles. The highest BCUT2D eigenvalue weighted by molar-refractivity contribution is 7.86. The van der Waals surface area contributed by atoms with Crippen LogP contribution in [0.3, 0.4) is 0 Å². The van der Waals surface area contributed by atoms with Crippen molar-refractivity contribution in [2.24, 2.45) is 0 Å². The molecule has 76 heavy (non-hydrogen) atoms. The van der Waals surface area contributed by atoms with Crippen LogP contribution in [0.4, 0.5) is 0 Å². The van der Waals surface area contributed by atoms with Crippen LogP contribution >= 0.6 is 0 Å². The second-order valence-corrected chi connectivity index (χ2v) is 24.6. The average molecular weight is 1110 g/mol. The lowest BCUT2D eigenvalue weighted by Gasteiger charge is -2.20. The maximum absolute atomic E-state index is 12.3. The smallest absolute Gasteiger partial charge is 0.294 e. The summed E-state index contributed by atoms with van der Waals surface area (Å²) in [6, 6.07) is 36.3. The summed E-state index contributed by atoms with van der Waals surface area (Å²) in [7, 11) is -17.9. The van der Waals surface area contributed by atoms with Gasteiger partial charge >= 0.3 is 0 Å². The fourth-order valence-electron chi connectivity index (χ4n) is 9.70. The summed E-state index contributed by atoms with van der Waals surface area (Å²) in [5, 5.41) is 49.1. The molecule has 9 rings (SSSR count). The van der Waals surface area contributed by atoms with Gasteiger partial charge in [-0.1, -0.05) is 97.1 Å². The second kappa shape index (κ2) is 20.6. The van der Waals surface area contributed by atoms with E-state index >= 15 is 0 Å². The summed E-state index contributed by atoms with van der Waals surface area (Å²) >= 11 is 0. The predicted octanol–water partition coefficient (Wildman–Crippen LogP) is 8.54. The van der Waals surface area contributed by atoms with Crippen molar-refractivity contribution in [2.75, 3.05) is 0 Å². The van der Waals surface area contributed by atoms with Gasteiger partial charge in [-0.15, -0.1) is 0 Å². The molecule has 0 saturated heterocycles. The van der Waals surface area contributed by atoms with Gasteiger partial charge in [-0.3, -0.25) is 18.2 Å². The Morgan fingerprint density at radius 3 is 0.526 bits per heavy atom. The molecule has 8 N–H and O–H groups in total. The second-order valence-electron chi connectivity index (χ2n) is 18.9. The molecule has 0 atom stereocenters. The molecule has 0 fully saturated rings. The lowest BCUT2D eigenvalue weighted by atomic mass is 9.86. The first-order chi connectivity index (χ1) is 35.7. The molecule has 8 bridgehead atoms. The van der Waals surface area contributed by atoms with Crippen LogP contribution in [0, 0.1) is 0 Å². The minimum Gasteiger partial charge on any atom is -0.507 e. The fraction of sp³-hybridized carbons (Fsp3) is 0.143. The highest BCUT2D eigenvalue weighted by Gasteiger charge is 2.23. The van der Waals surface area contributed by atoms with Crippen molar-refractivity contribution in [3.05, 3.63) is 235 Å². The van der Waals surface area contributed by atoms with Gasteiger partial charge in [-0.25, -0.2) is 0 Å². The van der Waals surface area contributed by atoms with Crippen LogP contribution < -0.4 is 0 Å². The fourth-order valence-corrected chi connectivity index (χ4v) is 11.6. The Kier molecular flexibility index (Phi) is 14.5. The van der Waals surface area contributed by atoms with E-state index in [1.54, 1.807) is 48.5 Å². The molecular formula is C56H48O16S4. The summed E-state index contributed by atoms with van der Waals surface area (Å²) in [4.78, 5) is -1.22. The van der Waals surface area contributed by atoms with Gasteiger partial charge in [-0.05, 0) is 163 Å². The lowest BCUT2D eigenvalue weighted by molar-refractivity contribution is 0.449. The molecule has 0 amide bonds. The van der Waals surface area contributed by atoms with Gasteiger partial charge in [0, 0.05) is 25.7 Å². The molecule has 392 valence electrons. The van der Waals surface area contributed by atoms with Crippen LogP contribution in [0.2, 0.25) is 0 Å². The molecule has 1 aliphatic rings. The summed E-state index contributed by atoms with van der Waals surface area (Å²) in [6.45, 7) is 0. The van der Waals surface area contributed by atoms with E-state index in [2.05, 4.69) is 0 Å². The molecule has 0 unspecified atom stereocenters. The molecule has 0 saturated carbocycles. The number of phenolic OH excluding ortho intramolecular Hbond substituents is 4. The number of benzene rings is 8. The molecular weight excluding hydrogens is 1060 g/mol. The molecule has 20 heteroatoms. The van der Waals surface area contributed by atoms with E-state index in [0.717, 1.165) is 0 Å². The summed E-state index contributed by atoms with van der Waals surface area (Å²) in [5.74, 6) is -0.633. The quantitative estimate of drug-likeness (QED) is 0.0532. The molecule has 0 radical (unpaired) electrons. The Hall–Kier alpha value is -7.40. The lowest BCUT2D eigenvalue weighted by Crippen LogP contribution is -2.05. The number of aromatic hydroxyl groups is 4. The third kappa shape index (κ3) is 12.3. The van der Waals surface area contributed by atoms with E-state index in [-0.39, 0.29) is 93.9 Å². The molecule has 1 aliphatic carbocycles. The van der Waals surface area contributed by atoms with Gasteiger partial charge in [0.15, 0.2) is 0 Å². The number of hydrogen-bond donors (Lipinski definition) is 8. The average Bonchev–Trinajstić information content (AvgIpc) is 3.34. The summed E-state index contributed by atoms with van der Waals surface area (Å²) in [5.41, 5.74) is 8.00. The molecule has 0 spiro atoms. The number of rotatable bonds is 12. The van der Waals surface area contributed by atoms with E-state index in [1.165, 1.54) is 97.1 Å². The standard InChI is InChI=1S/C56H48O16S4/c57-53-41-21-37(17-33-1-9-49(10-2-33)73(61,62)63)22-42(53)30-44-24-39(19-35-5-13-51(14-6-35)75(67,68)69)26-46(55(44)59)32-48-28-40(20-36-7-15-52(16-8-36)76(70,71)72)27-47(56(48)60)31-45-25-38(23-43(29-41)54(45)58)18-34-3-11-50(12-4-34)74(64,65)66/h1-16,21-28,57-60H,17-20,29-32H2,(H,61,62,63)(H,64,65,66)(H,67,68,69)(H,70,71,72). The van der Waals surface area contributed by atoms with Gasteiger partial charge in [0.05, 0.1) is 19.6 Å². The zero-order valence-corrected chi connectivity index (χ0v) is 43.3. The molecule has 8 aromatic rings. The maximum atomic E-state index is 12.3. The minimum atomic E-state index is -4.49. The zero-order valence-electron chi connectivity index (χ0n) is 40.0. The molecule has 0 aromatic heterocycles. The SMILES string of the molecule is O=S(=O)(O)c1ccc(Cc2cc3c(O)c(c2)Cc2cc(Cc4ccc(S(=O)(=O)O)cc4)cc(c2O)Cc2cc(Cc4ccc(S(=O)(=O)O)cc4)cc(c2O)Cc2cc(Cc4ccc(S(=O)(=O)O)cc4)cc(c2O)C3)cc1. The van der Waals surface area contributed by atoms with Crippen LogP contribution in [-0.4, -0.2) is 72.3 Å². The van der Waals surface area contributed by atoms with Crippen molar-refractivity contribution < 1.29 is 72.3 Å². The van der Waals surface area contributed by atoms with Crippen LogP contribution in [-0.2, 0) is 91.8 Å². The molecule has 16 nitrogen and oxygen atoms in total. The Morgan fingerprint density at radius 2 is 0.395 bits per heavy atom. The van der Waals surface area contributed by atoms with Crippen LogP contribution in [0.1, 0.15) is 89.0 Å². The van der Waals surface area contributed by atoms with E-state index in [9.17, 15) is 72.3 Å². The monoisotopic (exact) mass is 1100 g/mol. The maximum Gasteiger partial charge on any atom is 0.294 e. The van der Waals surface area contributed by atoms with Gasteiger partial charge in [-0.2, -0.15) is 33.7 Å². The van der Waals surface area contributed by atoms with E-state index in [4.69, 9.17) is 0 Å². The first kappa shape index (κ1) is 53.4. The van der Waals surface area contributed by atoms with Crippen molar-refractivity contribution in [1.82, 2.24) is 0 Å². The van der Waals surface area contributed by atoms with Crippen molar-refractivity contribution >= 4 is 40.5 Å². The number of fused-ring (bicyclic) bond motifs is 8. The van der Waals surface area contributed by atoms with E-state index < -0.39 is 40.5 Å². The Labute approximate surface area is 438 Å². The first-order valence-corrected chi connectivity index (χ1v) is 29.1. The van der Waals surface area contributed by atoms with E-state index in [1.807, 2.05) is 0 Å². The normalized spacial score (nSPS) is 13.1. The van der Waals surface area contributed by atoms with Crippen molar-refractivity contribution in [3.63, 3.8) is 0 Å². The highest BCUT2D eigenvalue weighted by Crippen LogP contribution is 2.40. The minimum absolute atomic E-state index is 0.0730. The Balaban J connectivity index is 1.23. The van der Waals surface area contributed by atoms with Gasteiger partial charge in [0.2, 0.25) is 0 Å². The number of hydrogen-bond acceptors (Lipinski definition) is 12. The third-order valence-electron chi connectivity index (χ3n) is 13.4. The largest absolute Gasteiger partial charge is 0.507 e. The van der Waals surface area contributed by atoms with Gasteiger partial charge in [0.25, 0.3) is 40.5 Å². The number of phenols is 4. The summed E-state index contributed by atoms with van der Waals surface area (Å²) in [6.07, 6.45) is 0.544. The Bertz CT molecular complexity index is 3420. The van der Waals surface area contributed by atoms with E-state index in [0.29, 0.717) is 89.0 Å². The van der Waals surface area contributed by atoms with Crippen LogP contribution in [0.15, 0.2) is 165 Å². The van der Waals surface area contributed by atoms with Gasteiger partial charge < -0.3 is 20.4 Å². The Morgan fingerprint density at radius 1 is 0.250 bits per heavy atom. The van der Waals surface area contributed by atoms with Crippen LogP contribution in [0.25, 0.3) is 0 Å². The van der Waals surface area contributed by atoms with Crippen molar-refractivity contribution in [2.45, 2.75) is 70.9 Å². The van der Waals surface area contributed by atoms with Crippen LogP contribution in [0.5, 0.6) is 23.0 Å². The molecule has 8 aromatic carbocycles. The topological polar surface area (TPSA) is 298 Å². The zero-order chi connectivity index (χ0) is 54.5. The predicted molar refractivity (Wildman–Crippen MR) is 280 cm³/mol. The van der Waals surface area contributed by atoms with Crippen molar-refractivity contribution in [3.8, 4) is 23.0 Å².